The van der Waals surface area contributed by atoms with Crippen molar-refractivity contribution in [3.05, 3.63) is 11.7 Å². The Morgan fingerprint density at radius 3 is 2.79 bits per heavy atom. The number of aromatic nitrogens is 2. The van der Waals surface area contributed by atoms with Crippen LogP contribution in [0.4, 0.5) is 0 Å². The van der Waals surface area contributed by atoms with Crippen molar-refractivity contribution < 1.29 is 9.32 Å². The molecule has 0 bridgehead atoms. The van der Waals surface area contributed by atoms with Crippen LogP contribution < -0.4 is 11.1 Å². The van der Waals surface area contributed by atoms with E-state index in [1.54, 1.807) is 0 Å². The number of hydrogen-bond donors (Lipinski definition) is 2. The lowest BCUT2D eigenvalue weighted by Crippen LogP contribution is -2.39. The fourth-order valence-corrected chi connectivity index (χ4v) is 2.59. The molecule has 106 valence electrons. The third-order valence-electron chi connectivity index (χ3n) is 4.04. The third kappa shape index (κ3) is 2.78. The minimum atomic E-state index is -0.297. The summed E-state index contributed by atoms with van der Waals surface area (Å²) in [6.07, 6.45) is 4.11. The highest BCUT2D eigenvalue weighted by Gasteiger charge is 2.40. The van der Waals surface area contributed by atoms with E-state index in [-0.39, 0.29) is 17.1 Å². The molecule has 1 amide bonds. The summed E-state index contributed by atoms with van der Waals surface area (Å²) in [6, 6.07) is 0. The highest BCUT2D eigenvalue weighted by Crippen LogP contribution is 2.39. The van der Waals surface area contributed by atoms with Gasteiger partial charge in [-0.05, 0) is 38.5 Å². The molecular weight excluding hydrogens is 244 g/mol. The molecule has 1 aliphatic rings. The van der Waals surface area contributed by atoms with E-state index in [4.69, 9.17) is 10.3 Å². The molecule has 1 aliphatic carbocycles. The van der Waals surface area contributed by atoms with Gasteiger partial charge in [0, 0.05) is 13.1 Å². The van der Waals surface area contributed by atoms with Gasteiger partial charge in [0.05, 0.1) is 5.41 Å². The average molecular weight is 266 g/mol. The number of carbonyl (C=O) groups is 1. The van der Waals surface area contributed by atoms with E-state index in [0.717, 1.165) is 25.7 Å². The Morgan fingerprint density at radius 2 is 2.21 bits per heavy atom. The Kier molecular flexibility index (Phi) is 4.19. The van der Waals surface area contributed by atoms with Gasteiger partial charge in [-0.2, -0.15) is 4.98 Å². The number of nitrogens with one attached hydrogen (secondary N) is 1. The number of nitrogens with zero attached hydrogens (tertiary/aromatic N) is 2. The van der Waals surface area contributed by atoms with Crippen LogP contribution in [0.25, 0.3) is 0 Å². The maximum absolute atomic E-state index is 11.7. The normalized spacial score (nSPS) is 27.2. The van der Waals surface area contributed by atoms with Gasteiger partial charge in [0.15, 0.2) is 0 Å². The molecule has 1 saturated carbocycles. The standard InChI is InChI=1S/C13H22N4O2/c1-3-15-11(18)10-16-12(19-17-10)13(8-14)6-4-9(2)5-7-13/h9H,3-8,14H2,1-2H3,(H,15,18). The lowest BCUT2D eigenvalue weighted by atomic mass is 9.71. The van der Waals surface area contributed by atoms with Crippen molar-refractivity contribution in [3.63, 3.8) is 0 Å². The molecule has 0 aromatic carbocycles. The van der Waals surface area contributed by atoms with Gasteiger partial charge in [-0.1, -0.05) is 12.1 Å². The lowest BCUT2D eigenvalue weighted by molar-refractivity contribution is 0.0942. The van der Waals surface area contributed by atoms with E-state index in [2.05, 4.69) is 22.4 Å². The second-order valence-electron chi connectivity index (χ2n) is 5.45. The van der Waals surface area contributed by atoms with Crippen LogP contribution in [-0.2, 0) is 5.41 Å². The molecule has 0 saturated heterocycles. The van der Waals surface area contributed by atoms with Gasteiger partial charge in [0.1, 0.15) is 0 Å². The first-order valence-corrected chi connectivity index (χ1v) is 6.94. The second-order valence-corrected chi connectivity index (χ2v) is 5.45. The van der Waals surface area contributed by atoms with Crippen LogP contribution in [-0.4, -0.2) is 29.1 Å². The summed E-state index contributed by atoms with van der Waals surface area (Å²) in [6.45, 7) is 5.12. The predicted octanol–water partition coefficient (Wildman–Crippen LogP) is 1.23. The van der Waals surface area contributed by atoms with Crippen molar-refractivity contribution >= 4 is 5.91 Å². The molecule has 0 atom stereocenters. The Bertz CT molecular complexity index is 436. The molecule has 0 aliphatic heterocycles. The molecular formula is C13H22N4O2. The van der Waals surface area contributed by atoms with Crippen LogP contribution in [0.2, 0.25) is 0 Å². The van der Waals surface area contributed by atoms with Crippen molar-refractivity contribution in [1.82, 2.24) is 15.5 Å². The summed E-state index contributed by atoms with van der Waals surface area (Å²) in [5.41, 5.74) is 5.69. The van der Waals surface area contributed by atoms with Gasteiger partial charge in [-0.25, -0.2) is 0 Å². The van der Waals surface area contributed by atoms with Crippen molar-refractivity contribution in [2.45, 2.75) is 44.9 Å². The molecule has 0 radical (unpaired) electrons. The van der Waals surface area contributed by atoms with E-state index in [1.807, 2.05) is 6.92 Å². The van der Waals surface area contributed by atoms with E-state index in [0.29, 0.717) is 24.9 Å². The van der Waals surface area contributed by atoms with Gasteiger partial charge in [0.25, 0.3) is 11.7 Å². The Morgan fingerprint density at radius 1 is 1.53 bits per heavy atom. The first kappa shape index (κ1) is 14.0. The van der Waals surface area contributed by atoms with Crippen molar-refractivity contribution in [2.75, 3.05) is 13.1 Å². The number of nitrogens with two attached hydrogens (primary N) is 1. The number of rotatable bonds is 4. The Balaban J connectivity index is 2.18. The average Bonchev–Trinajstić information content (AvgIpc) is 2.91. The van der Waals surface area contributed by atoms with Crippen LogP contribution in [0.5, 0.6) is 0 Å². The summed E-state index contributed by atoms with van der Waals surface area (Å²) in [5, 5.41) is 6.43. The number of amides is 1. The first-order chi connectivity index (χ1) is 9.11. The van der Waals surface area contributed by atoms with Crippen molar-refractivity contribution in [3.8, 4) is 0 Å². The van der Waals surface area contributed by atoms with Crippen LogP contribution in [0.1, 0.15) is 56.0 Å². The van der Waals surface area contributed by atoms with E-state index in [9.17, 15) is 4.79 Å². The molecule has 0 spiro atoms. The summed E-state index contributed by atoms with van der Waals surface area (Å²) in [5.74, 6) is 1.03. The van der Waals surface area contributed by atoms with E-state index in [1.165, 1.54) is 0 Å². The molecule has 3 N–H and O–H groups in total. The maximum Gasteiger partial charge on any atom is 0.292 e. The zero-order valence-corrected chi connectivity index (χ0v) is 11.6. The molecule has 19 heavy (non-hydrogen) atoms. The van der Waals surface area contributed by atoms with Crippen molar-refractivity contribution in [1.29, 1.82) is 0 Å². The SMILES string of the molecule is CCNC(=O)c1noc(C2(CN)CCC(C)CC2)n1. The minimum absolute atomic E-state index is 0.100. The fourth-order valence-electron chi connectivity index (χ4n) is 2.59. The molecule has 1 aromatic rings. The minimum Gasteiger partial charge on any atom is -0.349 e. The van der Waals surface area contributed by atoms with Gasteiger partial charge >= 0.3 is 0 Å². The van der Waals surface area contributed by atoms with Crippen LogP contribution in [0.3, 0.4) is 0 Å². The Labute approximate surface area is 113 Å². The van der Waals surface area contributed by atoms with E-state index >= 15 is 0 Å². The van der Waals surface area contributed by atoms with Gasteiger partial charge in [-0.3, -0.25) is 4.79 Å². The summed E-state index contributed by atoms with van der Waals surface area (Å²) >= 11 is 0. The predicted molar refractivity (Wildman–Crippen MR) is 70.7 cm³/mol. The third-order valence-corrected chi connectivity index (χ3v) is 4.04. The summed E-state index contributed by atoms with van der Waals surface area (Å²) < 4.78 is 5.30. The van der Waals surface area contributed by atoms with Crippen LogP contribution in [0, 0.1) is 5.92 Å². The van der Waals surface area contributed by atoms with Crippen molar-refractivity contribution in [2.24, 2.45) is 11.7 Å². The molecule has 1 heterocycles. The van der Waals surface area contributed by atoms with Crippen LogP contribution in [0.15, 0.2) is 4.52 Å². The Hall–Kier alpha value is -1.43. The zero-order chi connectivity index (χ0) is 13.9. The number of hydrogen-bond acceptors (Lipinski definition) is 5. The molecule has 6 heteroatoms. The quantitative estimate of drug-likeness (QED) is 0.854. The lowest BCUT2D eigenvalue weighted by Gasteiger charge is -2.35. The smallest absolute Gasteiger partial charge is 0.292 e. The largest absolute Gasteiger partial charge is 0.349 e. The van der Waals surface area contributed by atoms with Gasteiger partial charge in [-0.15, -0.1) is 0 Å². The topological polar surface area (TPSA) is 94.0 Å². The monoisotopic (exact) mass is 266 g/mol. The van der Waals surface area contributed by atoms with Gasteiger partial charge in [0.2, 0.25) is 5.89 Å². The van der Waals surface area contributed by atoms with Gasteiger partial charge < -0.3 is 15.6 Å². The fraction of sp³-hybridized carbons (Fsp3) is 0.769. The first-order valence-electron chi connectivity index (χ1n) is 6.94. The molecule has 6 nitrogen and oxygen atoms in total. The van der Waals surface area contributed by atoms with Crippen LogP contribution >= 0.6 is 0 Å². The molecule has 1 aromatic heterocycles. The van der Waals surface area contributed by atoms with E-state index < -0.39 is 0 Å². The maximum atomic E-state index is 11.7. The molecule has 2 rings (SSSR count). The summed E-state index contributed by atoms with van der Waals surface area (Å²) in [4.78, 5) is 15.9. The second kappa shape index (κ2) is 5.69. The zero-order valence-electron chi connectivity index (χ0n) is 11.6. The molecule has 0 unspecified atom stereocenters. The molecule has 1 fully saturated rings. The number of carbonyl (C=O) groups excluding carboxylic acids is 1. The highest BCUT2D eigenvalue weighted by atomic mass is 16.5. The summed E-state index contributed by atoms with van der Waals surface area (Å²) in [7, 11) is 0. The highest BCUT2D eigenvalue weighted by molar-refractivity contribution is 5.90.